The van der Waals surface area contributed by atoms with Crippen molar-refractivity contribution in [2.45, 2.75) is 25.0 Å². The number of nitrogens with zero attached hydrogens (tertiary/aromatic N) is 2. The van der Waals surface area contributed by atoms with Gasteiger partial charge >= 0.3 is 0 Å². The maximum absolute atomic E-state index is 12.4. The number of amides is 1. The summed E-state index contributed by atoms with van der Waals surface area (Å²) in [4.78, 5) is 18.6. The summed E-state index contributed by atoms with van der Waals surface area (Å²) in [5.41, 5.74) is 0.535. The third-order valence-electron chi connectivity index (χ3n) is 4.31. The summed E-state index contributed by atoms with van der Waals surface area (Å²) in [6.45, 7) is 0.465. The Balaban J connectivity index is 1.55. The van der Waals surface area contributed by atoms with Gasteiger partial charge in [0.15, 0.2) is 11.6 Å². The molecule has 4 nitrogen and oxygen atoms in total. The van der Waals surface area contributed by atoms with E-state index in [1.165, 1.54) is 0 Å². The minimum atomic E-state index is -0.554. The normalized spacial score (nSPS) is 21.1. The lowest BCUT2D eigenvalue weighted by Crippen LogP contribution is -2.47. The van der Waals surface area contributed by atoms with Crippen molar-refractivity contribution in [3.05, 3.63) is 72.2 Å². The molecular formula is C18H16N2O2. The summed E-state index contributed by atoms with van der Waals surface area (Å²) in [5.74, 6) is 1.21. The minimum absolute atomic E-state index is 0.0757. The smallest absolute Gasteiger partial charge is 0.274 e. The average molecular weight is 292 g/mol. The first-order valence-corrected chi connectivity index (χ1v) is 7.43. The molecule has 1 aromatic carbocycles. The van der Waals surface area contributed by atoms with Gasteiger partial charge in [0.05, 0.1) is 0 Å². The fourth-order valence-electron chi connectivity index (χ4n) is 3.10. The van der Waals surface area contributed by atoms with E-state index in [1.54, 1.807) is 0 Å². The molecule has 0 fully saturated rings. The van der Waals surface area contributed by atoms with Crippen LogP contribution < -0.4 is 0 Å². The monoisotopic (exact) mass is 292 g/mol. The summed E-state index contributed by atoms with van der Waals surface area (Å²) >= 11 is 0. The van der Waals surface area contributed by atoms with E-state index in [4.69, 9.17) is 4.74 Å². The second-order valence-electron chi connectivity index (χ2n) is 5.67. The van der Waals surface area contributed by atoms with Crippen molar-refractivity contribution in [3.8, 4) is 0 Å². The highest BCUT2D eigenvalue weighted by Crippen LogP contribution is 2.39. The summed E-state index contributed by atoms with van der Waals surface area (Å²) in [6.07, 6.45) is 11.2. The molecule has 0 radical (unpaired) electrons. The zero-order chi connectivity index (χ0) is 15.0. The molecule has 22 heavy (non-hydrogen) atoms. The molecule has 3 aliphatic rings. The summed E-state index contributed by atoms with van der Waals surface area (Å²) in [7, 11) is 0. The van der Waals surface area contributed by atoms with Gasteiger partial charge < -0.3 is 9.64 Å². The average Bonchev–Trinajstić information content (AvgIpc) is 3.15. The van der Waals surface area contributed by atoms with E-state index >= 15 is 0 Å². The van der Waals surface area contributed by atoms with Crippen LogP contribution >= 0.6 is 0 Å². The van der Waals surface area contributed by atoms with Crippen LogP contribution in [0, 0.1) is 0 Å². The van der Waals surface area contributed by atoms with Crippen LogP contribution in [0.15, 0.2) is 71.6 Å². The van der Waals surface area contributed by atoms with E-state index in [-0.39, 0.29) is 5.91 Å². The van der Waals surface area contributed by atoms with Gasteiger partial charge in [0, 0.05) is 6.20 Å². The SMILES string of the molecule is O=C1N=C2C(OCc3ccccc3)=CC=CN2C12CC=CC2. The molecule has 0 saturated heterocycles. The Morgan fingerprint density at radius 2 is 1.95 bits per heavy atom. The fraction of sp³-hybridized carbons (Fsp3) is 0.222. The van der Waals surface area contributed by atoms with Gasteiger partial charge in [-0.15, -0.1) is 0 Å². The molecule has 2 heterocycles. The Hall–Kier alpha value is -2.62. The molecule has 2 aliphatic heterocycles. The largest absolute Gasteiger partial charge is 0.485 e. The second-order valence-corrected chi connectivity index (χ2v) is 5.67. The van der Waals surface area contributed by atoms with Crippen LogP contribution in [-0.4, -0.2) is 22.2 Å². The number of aliphatic imine (C=N–C) groups is 1. The third-order valence-corrected chi connectivity index (χ3v) is 4.31. The molecule has 1 aliphatic carbocycles. The van der Waals surface area contributed by atoms with Crippen molar-refractivity contribution < 1.29 is 9.53 Å². The van der Waals surface area contributed by atoms with E-state index in [2.05, 4.69) is 4.99 Å². The second kappa shape index (κ2) is 4.98. The maximum Gasteiger partial charge on any atom is 0.274 e. The molecule has 0 bridgehead atoms. The van der Waals surface area contributed by atoms with Gasteiger partial charge in [-0.05, 0) is 30.6 Å². The first kappa shape index (κ1) is 13.1. The summed E-state index contributed by atoms with van der Waals surface area (Å²) < 4.78 is 5.90. The first-order chi connectivity index (χ1) is 10.8. The zero-order valence-corrected chi connectivity index (χ0v) is 12.1. The fourth-order valence-corrected chi connectivity index (χ4v) is 3.10. The molecule has 0 unspecified atom stereocenters. The molecular weight excluding hydrogens is 276 g/mol. The van der Waals surface area contributed by atoms with Gasteiger partial charge in [-0.3, -0.25) is 4.79 Å². The van der Waals surface area contributed by atoms with E-state index < -0.39 is 5.54 Å². The number of carbonyl (C=O) groups excluding carboxylic acids is 1. The Kier molecular flexibility index (Phi) is 2.96. The highest BCUT2D eigenvalue weighted by Gasteiger charge is 2.51. The van der Waals surface area contributed by atoms with E-state index in [0.29, 0.717) is 31.0 Å². The third kappa shape index (κ3) is 1.91. The number of hydrogen-bond donors (Lipinski definition) is 0. The number of fused-ring (bicyclic) bond motifs is 2. The molecule has 1 aromatic rings. The molecule has 4 rings (SSSR count). The van der Waals surface area contributed by atoms with Gasteiger partial charge in [-0.1, -0.05) is 42.5 Å². The number of hydrogen-bond acceptors (Lipinski definition) is 3. The highest BCUT2D eigenvalue weighted by molar-refractivity contribution is 6.14. The molecule has 0 atom stereocenters. The Morgan fingerprint density at radius 3 is 2.73 bits per heavy atom. The summed E-state index contributed by atoms with van der Waals surface area (Å²) in [6, 6.07) is 9.97. The maximum atomic E-state index is 12.4. The lowest BCUT2D eigenvalue weighted by Gasteiger charge is -2.34. The van der Waals surface area contributed by atoms with Gasteiger partial charge in [0.25, 0.3) is 5.91 Å². The van der Waals surface area contributed by atoms with Crippen LogP contribution in [0.1, 0.15) is 18.4 Å². The van der Waals surface area contributed by atoms with Crippen LogP contribution in [0.2, 0.25) is 0 Å². The van der Waals surface area contributed by atoms with Crippen molar-refractivity contribution in [3.63, 3.8) is 0 Å². The van der Waals surface area contributed by atoms with E-state index in [1.807, 2.05) is 65.7 Å². The Bertz CT molecular complexity index is 721. The number of carbonyl (C=O) groups is 1. The molecule has 0 aromatic heterocycles. The van der Waals surface area contributed by atoms with Crippen LogP contribution in [0.25, 0.3) is 0 Å². The molecule has 0 N–H and O–H groups in total. The number of rotatable bonds is 3. The highest BCUT2D eigenvalue weighted by atomic mass is 16.5. The van der Waals surface area contributed by atoms with Crippen molar-refractivity contribution in [2.75, 3.05) is 0 Å². The van der Waals surface area contributed by atoms with Gasteiger partial charge in [0.2, 0.25) is 0 Å². The lowest BCUT2D eigenvalue weighted by molar-refractivity contribution is -0.124. The zero-order valence-electron chi connectivity index (χ0n) is 12.1. The lowest BCUT2D eigenvalue weighted by atomic mass is 9.94. The van der Waals surface area contributed by atoms with Crippen molar-refractivity contribution in [1.29, 1.82) is 0 Å². The van der Waals surface area contributed by atoms with Crippen LogP contribution in [0.4, 0.5) is 0 Å². The van der Waals surface area contributed by atoms with Crippen molar-refractivity contribution in [1.82, 2.24) is 4.90 Å². The van der Waals surface area contributed by atoms with Gasteiger partial charge in [-0.2, -0.15) is 4.99 Å². The number of benzene rings is 1. The Labute approximate surface area is 129 Å². The minimum Gasteiger partial charge on any atom is -0.485 e. The number of allylic oxidation sites excluding steroid dienone is 2. The number of amidine groups is 1. The van der Waals surface area contributed by atoms with Crippen molar-refractivity contribution in [2.24, 2.45) is 4.99 Å². The van der Waals surface area contributed by atoms with Gasteiger partial charge in [0.1, 0.15) is 12.1 Å². The van der Waals surface area contributed by atoms with Crippen LogP contribution in [0.5, 0.6) is 0 Å². The van der Waals surface area contributed by atoms with Crippen LogP contribution in [0.3, 0.4) is 0 Å². The number of ether oxygens (including phenoxy) is 1. The van der Waals surface area contributed by atoms with E-state index in [9.17, 15) is 4.79 Å². The van der Waals surface area contributed by atoms with Crippen LogP contribution in [-0.2, 0) is 16.1 Å². The standard InChI is InChI=1S/C18H16N2O2/c21-17-18(10-4-5-11-18)20-12-6-9-15(16(20)19-17)22-13-14-7-2-1-3-8-14/h1-9,12H,10-11,13H2. The predicted octanol–water partition coefficient (Wildman–Crippen LogP) is 2.94. The van der Waals surface area contributed by atoms with E-state index in [0.717, 1.165) is 5.56 Å². The Morgan fingerprint density at radius 1 is 1.18 bits per heavy atom. The first-order valence-electron chi connectivity index (χ1n) is 7.43. The van der Waals surface area contributed by atoms with Crippen molar-refractivity contribution >= 4 is 11.7 Å². The summed E-state index contributed by atoms with van der Waals surface area (Å²) in [5, 5.41) is 0. The predicted molar refractivity (Wildman–Crippen MR) is 83.8 cm³/mol. The molecule has 4 heteroatoms. The topological polar surface area (TPSA) is 41.9 Å². The molecule has 1 spiro atoms. The molecule has 1 amide bonds. The molecule has 0 saturated carbocycles. The quantitative estimate of drug-likeness (QED) is 0.804. The molecule has 110 valence electrons. The van der Waals surface area contributed by atoms with Gasteiger partial charge in [-0.25, -0.2) is 0 Å².